The van der Waals surface area contributed by atoms with E-state index in [2.05, 4.69) is 5.32 Å². The van der Waals surface area contributed by atoms with Crippen molar-refractivity contribution in [1.82, 2.24) is 0 Å². The molecule has 6 nitrogen and oxygen atoms in total. The van der Waals surface area contributed by atoms with Gasteiger partial charge < -0.3 is 19.9 Å². The van der Waals surface area contributed by atoms with E-state index in [9.17, 15) is 14.7 Å². The summed E-state index contributed by atoms with van der Waals surface area (Å²) in [6, 6.07) is 26.5. The maximum Gasteiger partial charge on any atom is 0.337 e. The van der Waals surface area contributed by atoms with Crippen molar-refractivity contribution >= 4 is 40.8 Å². The molecule has 0 bridgehead atoms. The van der Waals surface area contributed by atoms with Gasteiger partial charge in [-0.2, -0.15) is 0 Å². The van der Waals surface area contributed by atoms with Gasteiger partial charge in [-0.05, 0) is 59.7 Å². The summed E-state index contributed by atoms with van der Waals surface area (Å²) in [6.45, 7) is 0.453. The molecule has 0 aliphatic heterocycles. The molecule has 4 aromatic rings. The van der Waals surface area contributed by atoms with Crippen molar-refractivity contribution in [2.24, 2.45) is 0 Å². The molecule has 0 aromatic heterocycles. The van der Waals surface area contributed by atoms with Gasteiger partial charge in [0.2, 0.25) is 0 Å². The summed E-state index contributed by atoms with van der Waals surface area (Å²) in [5.74, 6) is -0.743. The fraction of sp³-hybridized carbons (Fsp3) is 0.0714. The highest BCUT2D eigenvalue weighted by atomic mass is 35.5. The van der Waals surface area contributed by atoms with Crippen LogP contribution in [0.2, 0.25) is 10.0 Å². The second-order valence-electron chi connectivity index (χ2n) is 7.68. The Morgan fingerprint density at radius 2 is 1.42 bits per heavy atom. The molecule has 0 spiro atoms. The molecule has 0 saturated heterocycles. The van der Waals surface area contributed by atoms with E-state index in [4.69, 9.17) is 32.7 Å². The zero-order valence-electron chi connectivity index (χ0n) is 18.9. The van der Waals surface area contributed by atoms with Crippen molar-refractivity contribution in [3.05, 3.63) is 112 Å². The third-order valence-electron chi connectivity index (χ3n) is 5.21. The summed E-state index contributed by atoms with van der Waals surface area (Å²) >= 11 is 11.9. The minimum atomic E-state index is -1.22. The van der Waals surface area contributed by atoms with Crippen molar-refractivity contribution in [2.75, 3.05) is 18.5 Å². The second kappa shape index (κ2) is 11.6. The fourth-order valence-electron chi connectivity index (χ4n) is 3.48. The summed E-state index contributed by atoms with van der Waals surface area (Å²) in [5.41, 5.74) is 2.29. The van der Waals surface area contributed by atoms with E-state index in [0.717, 1.165) is 11.1 Å². The van der Waals surface area contributed by atoms with Gasteiger partial charge in [0.05, 0.1) is 21.8 Å². The molecule has 0 fully saturated rings. The minimum absolute atomic E-state index is 0.111. The van der Waals surface area contributed by atoms with Gasteiger partial charge >= 0.3 is 5.97 Å². The van der Waals surface area contributed by atoms with Crippen LogP contribution < -0.4 is 14.8 Å². The monoisotopic (exact) mass is 521 g/mol. The highest BCUT2D eigenvalue weighted by molar-refractivity contribution is 6.37. The van der Waals surface area contributed by atoms with Crippen LogP contribution in [0, 0.1) is 0 Å². The second-order valence-corrected chi connectivity index (χ2v) is 8.53. The number of carbonyl (C=O) groups excluding carboxylic acids is 1. The van der Waals surface area contributed by atoms with E-state index >= 15 is 0 Å². The van der Waals surface area contributed by atoms with Crippen molar-refractivity contribution in [3.63, 3.8) is 0 Å². The number of anilines is 1. The lowest BCUT2D eigenvalue weighted by atomic mass is 10.1. The zero-order valence-corrected chi connectivity index (χ0v) is 20.4. The smallest absolute Gasteiger partial charge is 0.337 e. The normalized spacial score (nSPS) is 10.5. The van der Waals surface area contributed by atoms with Crippen LogP contribution in [0.4, 0.5) is 5.69 Å². The van der Waals surface area contributed by atoms with Crippen molar-refractivity contribution in [2.45, 2.75) is 0 Å². The lowest BCUT2D eigenvalue weighted by Gasteiger charge is -2.13. The Hall–Kier alpha value is -4.00. The number of benzene rings is 4. The zero-order chi connectivity index (χ0) is 25.5. The molecular weight excluding hydrogens is 501 g/mol. The van der Waals surface area contributed by atoms with E-state index < -0.39 is 11.9 Å². The van der Waals surface area contributed by atoms with Crippen LogP contribution in [-0.2, 0) is 0 Å². The van der Waals surface area contributed by atoms with Gasteiger partial charge in [-0.15, -0.1) is 0 Å². The topological polar surface area (TPSA) is 84.9 Å². The minimum Gasteiger partial charge on any atom is -0.490 e. The molecule has 182 valence electrons. The van der Waals surface area contributed by atoms with Gasteiger partial charge in [0.25, 0.3) is 5.91 Å². The van der Waals surface area contributed by atoms with Crippen LogP contribution in [0.15, 0.2) is 91.0 Å². The van der Waals surface area contributed by atoms with Crippen molar-refractivity contribution in [1.29, 1.82) is 0 Å². The number of carbonyl (C=O) groups is 2. The van der Waals surface area contributed by atoms with Gasteiger partial charge in [-0.25, -0.2) is 4.79 Å². The molecule has 1 amide bonds. The largest absolute Gasteiger partial charge is 0.490 e. The molecule has 0 saturated carbocycles. The Morgan fingerprint density at radius 3 is 2.11 bits per heavy atom. The predicted molar refractivity (Wildman–Crippen MR) is 141 cm³/mol. The fourth-order valence-corrected chi connectivity index (χ4v) is 3.97. The van der Waals surface area contributed by atoms with Crippen LogP contribution in [-0.4, -0.2) is 30.2 Å². The maximum atomic E-state index is 12.6. The SMILES string of the molecule is O=C(Nc1ccc(OCCOc2cccc(-c3ccccc3)c2)cc1C(=O)O)c1ccc(Cl)cc1Cl. The molecule has 0 aliphatic rings. The summed E-state index contributed by atoms with van der Waals surface area (Å²) in [5, 5.41) is 12.8. The molecule has 0 aliphatic carbocycles. The van der Waals surface area contributed by atoms with Gasteiger partial charge in [0.1, 0.15) is 24.7 Å². The Labute approximate surface area is 218 Å². The molecule has 36 heavy (non-hydrogen) atoms. The first-order valence-corrected chi connectivity index (χ1v) is 11.7. The first kappa shape index (κ1) is 25.1. The highest BCUT2D eigenvalue weighted by Crippen LogP contribution is 2.26. The number of ether oxygens (including phenoxy) is 2. The Bertz CT molecular complexity index is 1390. The Balaban J connectivity index is 1.37. The lowest BCUT2D eigenvalue weighted by molar-refractivity contribution is 0.0697. The number of carboxylic acid groups (broad SMARTS) is 1. The number of rotatable bonds is 9. The summed E-state index contributed by atoms with van der Waals surface area (Å²) in [7, 11) is 0. The van der Waals surface area contributed by atoms with E-state index in [1.807, 2.05) is 54.6 Å². The molecule has 0 heterocycles. The van der Waals surface area contributed by atoms with Gasteiger partial charge in [0.15, 0.2) is 0 Å². The Morgan fingerprint density at radius 1 is 0.722 bits per heavy atom. The number of carboxylic acids is 1. The first-order chi connectivity index (χ1) is 17.4. The Kier molecular flexibility index (Phi) is 8.10. The molecular formula is C28H21Cl2NO5. The molecule has 8 heteroatoms. The van der Waals surface area contributed by atoms with Gasteiger partial charge in [0, 0.05) is 5.02 Å². The van der Waals surface area contributed by atoms with Gasteiger partial charge in [-0.3, -0.25) is 4.79 Å². The molecule has 4 rings (SSSR count). The van der Waals surface area contributed by atoms with E-state index in [-0.39, 0.29) is 35.1 Å². The number of halogens is 2. The van der Waals surface area contributed by atoms with Crippen LogP contribution in [0.3, 0.4) is 0 Å². The van der Waals surface area contributed by atoms with Gasteiger partial charge in [-0.1, -0.05) is 65.7 Å². The standard InChI is InChI=1S/C28H21Cl2NO5/c29-20-9-11-23(25(30)16-20)27(32)31-26-12-10-22(17-24(26)28(33)34)36-14-13-35-21-8-4-7-19(15-21)18-5-2-1-3-6-18/h1-12,15-17H,13-14H2,(H,31,32)(H,33,34). The molecule has 0 atom stereocenters. The molecule has 0 unspecified atom stereocenters. The van der Waals surface area contributed by atoms with Crippen LogP contribution in [0.25, 0.3) is 11.1 Å². The number of nitrogens with one attached hydrogen (secondary N) is 1. The molecule has 2 N–H and O–H groups in total. The highest BCUT2D eigenvalue weighted by Gasteiger charge is 2.17. The van der Waals surface area contributed by atoms with Crippen LogP contribution >= 0.6 is 23.2 Å². The third kappa shape index (κ3) is 6.36. The summed E-state index contributed by atoms with van der Waals surface area (Å²) < 4.78 is 11.5. The maximum absolute atomic E-state index is 12.6. The number of aromatic carboxylic acids is 1. The molecule has 0 radical (unpaired) electrons. The van der Waals surface area contributed by atoms with Crippen molar-refractivity contribution < 1.29 is 24.2 Å². The first-order valence-electron chi connectivity index (χ1n) is 11.0. The number of hydrogen-bond donors (Lipinski definition) is 2. The average molecular weight is 522 g/mol. The molecule has 4 aromatic carbocycles. The number of amides is 1. The van der Waals surface area contributed by atoms with Crippen molar-refractivity contribution in [3.8, 4) is 22.6 Å². The quantitative estimate of drug-likeness (QED) is 0.230. The average Bonchev–Trinajstić information content (AvgIpc) is 2.88. The predicted octanol–water partition coefficient (Wildman–Crippen LogP) is 7.07. The van der Waals surface area contributed by atoms with Crippen LogP contribution in [0.1, 0.15) is 20.7 Å². The van der Waals surface area contributed by atoms with E-state index in [0.29, 0.717) is 16.5 Å². The van der Waals surface area contributed by atoms with Crippen LogP contribution in [0.5, 0.6) is 11.5 Å². The lowest BCUT2D eigenvalue weighted by Crippen LogP contribution is -2.15. The number of hydrogen-bond acceptors (Lipinski definition) is 4. The van der Waals surface area contributed by atoms with E-state index in [1.165, 1.54) is 30.3 Å². The summed E-state index contributed by atoms with van der Waals surface area (Å²) in [6.07, 6.45) is 0. The van der Waals surface area contributed by atoms with E-state index in [1.54, 1.807) is 6.07 Å². The summed E-state index contributed by atoms with van der Waals surface area (Å²) in [4.78, 5) is 24.4. The third-order valence-corrected chi connectivity index (χ3v) is 5.76.